The van der Waals surface area contributed by atoms with Gasteiger partial charge in [-0.1, -0.05) is 30.3 Å². The molecule has 0 saturated carbocycles. The Bertz CT molecular complexity index is 536. The van der Waals surface area contributed by atoms with E-state index in [2.05, 4.69) is 53.2 Å². The lowest BCUT2D eigenvalue weighted by atomic mass is 10.0. The quantitative estimate of drug-likeness (QED) is 0.827. The molecule has 19 heavy (non-hydrogen) atoms. The SMILES string of the molecule is Cc1cnccc1[C@@H]1CCCN1Cc1ccccc1. The van der Waals surface area contributed by atoms with E-state index in [-0.39, 0.29) is 0 Å². The first-order valence-corrected chi connectivity index (χ1v) is 7.03. The fourth-order valence-electron chi connectivity index (χ4n) is 3.04. The van der Waals surface area contributed by atoms with Crippen LogP contribution in [-0.4, -0.2) is 16.4 Å². The molecule has 1 aliphatic rings. The van der Waals surface area contributed by atoms with E-state index in [9.17, 15) is 0 Å². The van der Waals surface area contributed by atoms with Crippen molar-refractivity contribution in [2.75, 3.05) is 6.54 Å². The highest BCUT2D eigenvalue weighted by molar-refractivity contribution is 5.26. The zero-order valence-electron chi connectivity index (χ0n) is 11.4. The summed E-state index contributed by atoms with van der Waals surface area (Å²) in [5.74, 6) is 0. The van der Waals surface area contributed by atoms with Crippen LogP contribution in [0.2, 0.25) is 0 Å². The van der Waals surface area contributed by atoms with E-state index in [1.165, 1.54) is 36.1 Å². The van der Waals surface area contributed by atoms with Crippen molar-refractivity contribution in [3.05, 3.63) is 65.5 Å². The first-order chi connectivity index (χ1) is 9.34. The molecule has 0 unspecified atom stereocenters. The number of aromatic nitrogens is 1. The summed E-state index contributed by atoms with van der Waals surface area (Å²) in [5, 5.41) is 0. The Hall–Kier alpha value is -1.67. The van der Waals surface area contributed by atoms with E-state index < -0.39 is 0 Å². The number of likely N-dealkylation sites (tertiary alicyclic amines) is 1. The summed E-state index contributed by atoms with van der Waals surface area (Å²) in [6, 6.07) is 13.5. The van der Waals surface area contributed by atoms with E-state index in [0.717, 1.165) is 6.54 Å². The lowest BCUT2D eigenvalue weighted by Crippen LogP contribution is -2.23. The second kappa shape index (κ2) is 5.54. The van der Waals surface area contributed by atoms with Gasteiger partial charge in [0.2, 0.25) is 0 Å². The third kappa shape index (κ3) is 2.69. The molecular weight excluding hydrogens is 232 g/mol. The molecule has 1 aromatic heterocycles. The minimum Gasteiger partial charge on any atom is -0.292 e. The number of benzene rings is 1. The number of pyridine rings is 1. The maximum Gasteiger partial charge on any atom is 0.0355 e. The van der Waals surface area contributed by atoms with E-state index in [0.29, 0.717) is 6.04 Å². The monoisotopic (exact) mass is 252 g/mol. The van der Waals surface area contributed by atoms with E-state index in [1.807, 2.05) is 12.4 Å². The predicted octanol–water partition coefficient (Wildman–Crippen LogP) is 3.73. The molecule has 0 radical (unpaired) electrons. The van der Waals surface area contributed by atoms with Crippen LogP contribution in [0.5, 0.6) is 0 Å². The van der Waals surface area contributed by atoms with Crippen LogP contribution in [0.4, 0.5) is 0 Å². The largest absolute Gasteiger partial charge is 0.292 e. The van der Waals surface area contributed by atoms with Crippen LogP contribution >= 0.6 is 0 Å². The number of nitrogens with zero attached hydrogens (tertiary/aromatic N) is 2. The Morgan fingerprint density at radius 2 is 2.05 bits per heavy atom. The minimum absolute atomic E-state index is 0.559. The molecule has 1 aliphatic heterocycles. The highest BCUT2D eigenvalue weighted by Crippen LogP contribution is 2.34. The molecule has 98 valence electrons. The van der Waals surface area contributed by atoms with Crippen LogP contribution in [0.1, 0.15) is 35.6 Å². The van der Waals surface area contributed by atoms with Crippen LogP contribution in [0.15, 0.2) is 48.8 Å². The Balaban J connectivity index is 1.81. The first kappa shape index (κ1) is 12.4. The zero-order valence-corrected chi connectivity index (χ0v) is 11.4. The lowest BCUT2D eigenvalue weighted by Gasteiger charge is -2.26. The van der Waals surface area contributed by atoms with Gasteiger partial charge in [-0.25, -0.2) is 0 Å². The van der Waals surface area contributed by atoms with Gasteiger partial charge in [0.05, 0.1) is 0 Å². The summed E-state index contributed by atoms with van der Waals surface area (Å²) < 4.78 is 0. The molecule has 0 amide bonds. The molecule has 3 rings (SSSR count). The van der Waals surface area contributed by atoms with Crippen molar-refractivity contribution in [2.45, 2.75) is 32.4 Å². The first-order valence-electron chi connectivity index (χ1n) is 7.03. The van der Waals surface area contributed by atoms with Crippen molar-refractivity contribution < 1.29 is 0 Å². The molecule has 2 heterocycles. The maximum absolute atomic E-state index is 4.21. The van der Waals surface area contributed by atoms with E-state index >= 15 is 0 Å². The van der Waals surface area contributed by atoms with E-state index in [4.69, 9.17) is 0 Å². The van der Waals surface area contributed by atoms with Gasteiger partial charge in [-0.05, 0) is 49.1 Å². The Morgan fingerprint density at radius 3 is 2.84 bits per heavy atom. The normalized spacial score (nSPS) is 19.7. The highest BCUT2D eigenvalue weighted by atomic mass is 15.2. The fourth-order valence-corrected chi connectivity index (χ4v) is 3.04. The van der Waals surface area contributed by atoms with Crippen LogP contribution in [0.3, 0.4) is 0 Å². The third-order valence-electron chi connectivity index (χ3n) is 4.01. The molecule has 1 fully saturated rings. The third-order valence-corrected chi connectivity index (χ3v) is 4.01. The fraction of sp³-hybridized carbons (Fsp3) is 0.353. The van der Waals surface area contributed by atoms with Crippen LogP contribution in [-0.2, 0) is 6.54 Å². The molecular formula is C17H20N2. The van der Waals surface area contributed by atoms with Gasteiger partial charge in [-0.15, -0.1) is 0 Å². The standard InChI is InChI=1S/C17H20N2/c1-14-12-18-10-9-16(14)17-8-5-11-19(17)13-15-6-3-2-4-7-15/h2-4,6-7,9-10,12,17H,5,8,11,13H2,1H3/t17-/m0/s1. The summed E-state index contributed by atoms with van der Waals surface area (Å²) >= 11 is 0. The van der Waals surface area contributed by atoms with E-state index in [1.54, 1.807) is 0 Å². The van der Waals surface area contributed by atoms with Crippen molar-refractivity contribution in [3.63, 3.8) is 0 Å². The van der Waals surface area contributed by atoms with Gasteiger partial charge in [0.1, 0.15) is 0 Å². The van der Waals surface area contributed by atoms with Gasteiger partial charge >= 0.3 is 0 Å². The van der Waals surface area contributed by atoms with Gasteiger partial charge in [-0.3, -0.25) is 9.88 Å². The predicted molar refractivity (Wildman–Crippen MR) is 77.8 cm³/mol. The van der Waals surface area contributed by atoms with Gasteiger partial charge < -0.3 is 0 Å². The number of aryl methyl sites for hydroxylation is 1. The van der Waals surface area contributed by atoms with Crippen LogP contribution in [0.25, 0.3) is 0 Å². The second-order valence-electron chi connectivity index (χ2n) is 5.35. The maximum atomic E-state index is 4.21. The molecule has 2 nitrogen and oxygen atoms in total. The topological polar surface area (TPSA) is 16.1 Å². The molecule has 1 aromatic carbocycles. The van der Waals surface area contributed by atoms with Crippen molar-refractivity contribution in [1.82, 2.24) is 9.88 Å². The number of hydrogen-bond acceptors (Lipinski definition) is 2. The summed E-state index contributed by atoms with van der Waals surface area (Å²) in [5.41, 5.74) is 4.16. The number of rotatable bonds is 3. The summed E-state index contributed by atoms with van der Waals surface area (Å²) in [4.78, 5) is 6.80. The van der Waals surface area contributed by atoms with Crippen molar-refractivity contribution in [3.8, 4) is 0 Å². The average molecular weight is 252 g/mol. The Morgan fingerprint density at radius 1 is 1.21 bits per heavy atom. The molecule has 2 aromatic rings. The minimum atomic E-state index is 0.559. The van der Waals surface area contributed by atoms with Crippen molar-refractivity contribution in [1.29, 1.82) is 0 Å². The van der Waals surface area contributed by atoms with Crippen molar-refractivity contribution in [2.24, 2.45) is 0 Å². The smallest absolute Gasteiger partial charge is 0.0355 e. The molecule has 0 N–H and O–H groups in total. The average Bonchev–Trinajstić information content (AvgIpc) is 2.88. The summed E-state index contributed by atoms with van der Waals surface area (Å²) in [6.45, 7) is 4.41. The summed E-state index contributed by atoms with van der Waals surface area (Å²) in [6.07, 6.45) is 6.45. The Kier molecular flexibility index (Phi) is 3.60. The lowest BCUT2D eigenvalue weighted by molar-refractivity contribution is 0.248. The molecule has 1 atom stereocenters. The molecule has 0 spiro atoms. The van der Waals surface area contributed by atoms with Crippen molar-refractivity contribution >= 4 is 0 Å². The van der Waals surface area contributed by atoms with Gasteiger partial charge in [0.25, 0.3) is 0 Å². The molecule has 0 bridgehead atoms. The van der Waals surface area contributed by atoms with Gasteiger partial charge in [0, 0.05) is 25.0 Å². The van der Waals surface area contributed by atoms with Crippen LogP contribution < -0.4 is 0 Å². The molecule has 2 heteroatoms. The second-order valence-corrected chi connectivity index (χ2v) is 5.35. The zero-order chi connectivity index (χ0) is 13.1. The number of hydrogen-bond donors (Lipinski definition) is 0. The van der Waals surface area contributed by atoms with Gasteiger partial charge in [-0.2, -0.15) is 0 Å². The highest BCUT2D eigenvalue weighted by Gasteiger charge is 2.26. The Labute approximate surface area is 115 Å². The van der Waals surface area contributed by atoms with Gasteiger partial charge in [0.15, 0.2) is 0 Å². The van der Waals surface area contributed by atoms with Crippen LogP contribution in [0, 0.1) is 6.92 Å². The molecule has 1 saturated heterocycles. The molecule has 0 aliphatic carbocycles. The summed E-state index contributed by atoms with van der Waals surface area (Å²) in [7, 11) is 0.